The highest BCUT2D eigenvalue weighted by atomic mass is 16.2. The van der Waals surface area contributed by atoms with Crippen molar-refractivity contribution in [3.63, 3.8) is 0 Å². The van der Waals surface area contributed by atoms with E-state index >= 15 is 0 Å². The van der Waals surface area contributed by atoms with Crippen LogP contribution in [0.3, 0.4) is 0 Å². The number of anilines is 1. The molecule has 6 heteroatoms. The number of pyridine rings is 1. The Kier molecular flexibility index (Phi) is 5.42. The SMILES string of the molecule is O=C(NCCc1ccccc1)c1ccc(-c2cccn3nc(NC(=O)C4CC4)cc23)cc1. The first-order valence-corrected chi connectivity index (χ1v) is 10.9. The quantitative estimate of drug-likeness (QED) is 0.464. The molecule has 6 nitrogen and oxygen atoms in total. The molecule has 1 saturated carbocycles. The zero-order valence-corrected chi connectivity index (χ0v) is 17.6. The van der Waals surface area contributed by atoms with Gasteiger partial charge >= 0.3 is 0 Å². The first kappa shape index (κ1) is 20.0. The van der Waals surface area contributed by atoms with Gasteiger partial charge in [0.05, 0.1) is 5.52 Å². The van der Waals surface area contributed by atoms with Crippen LogP contribution in [0.25, 0.3) is 16.6 Å². The van der Waals surface area contributed by atoms with Crippen LogP contribution in [-0.4, -0.2) is 28.0 Å². The Morgan fingerprint density at radius 2 is 1.75 bits per heavy atom. The van der Waals surface area contributed by atoms with Gasteiger partial charge in [-0.15, -0.1) is 0 Å². The first-order chi connectivity index (χ1) is 15.7. The molecule has 160 valence electrons. The predicted octanol–water partition coefficient (Wildman–Crippen LogP) is 4.32. The monoisotopic (exact) mass is 424 g/mol. The zero-order valence-electron chi connectivity index (χ0n) is 17.6. The summed E-state index contributed by atoms with van der Waals surface area (Å²) < 4.78 is 1.77. The molecule has 5 rings (SSSR count). The van der Waals surface area contributed by atoms with Gasteiger partial charge in [0.1, 0.15) is 0 Å². The topological polar surface area (TPSA) is 75.5 Å². The molecule has 0 aliphatic heterocycles. The van der Waals surface area contributed by atoms with Crippen LogP contribution in [-0.2, 0) is 11.2 Å². The van der Waals surface area contributed by atoms with Crippen molar-refractivity contribution in [1.29, 1.82) is 0 Å². The number of hydrogen-bond acceptors (Lipinski definition) is 3. The number of fused-ring (bicyclic) bond motifs is 1. The van der Waals surface area contributed by atoms with E-state index in [1.54, 1.807) is 4.52 Å². The Balaban J connectivity index is 1.28. The molecule has 0 spiro atoms. The fraction of sp³-hybridized carbons (Fsp3) is 0.192. The lowest BCUT2D eigenvalue weighted by Gasteiger charge is -2.08. The minimum atomic E-state index is -0.0832. The molecule has 1 aliphatic carbocycles. The van der Waals surface area contributed by atoms with E-state index < -0.39 is 0 Å². The summed E-state index contributed by atoms with van der Waals surface area (Å²) in [5, 5.41) is 10.4. The number of amides is 2. The van der Waals surface area contributed by atoms with E-state index in [0.717, 1.165) is 35.9 Å². The van der Waals surface area contributed by atoms with E-state index in [0.29, 0.717) is 17.9 Å². The Hall–Kier alpha value is -3.93. The fourth-order valence-corrected chi connectivity index (χ4v) is 3.76. The summed E-state index contributed by atoms with van der Waals surface area (Å²) in [5.74, 6) is 0.645. The molecule has 0 bridgehead atoms. The van der Waals surface area contributed by atoms with Crippen LogP contribution < -0.4 is 10.6 Å². The molecule has 0 saturated heterocycles. The van der Waals surface area contributed by atoms with Crippen molar-refractivity contribution < 1.29 is 9.59 Å². The third kappa shape index (κ3) is 4.39. The fourth-order valence-electron chi connectivity index (χ4n) is 3.76. The number of nitrogens with one attached hydrogen (secondary N) is 2. The lowest BCUT2D eigenvalue weighted by Crippen LogP contribution is -2.25. The largest absolute Gasteiger partial charge is 0.352 e. The summed E-state index contributed by atoms with van der Waals surface area (Å²) in [6, 6.07) is 23.5. The Labute approximate surface area is 186 Å². The second-order valence-corrected chi connectivity index (χ2v) is 8.11. The highest BCUT2D eigenvalue weighted by Crippen LogP contribution is 2.31. The van der Waals surface area contributed by atoms with Crippen molar-refractivity contribution in [1.82, 2.24) is 14.9 Å². The lowest BCUT2D eigenvalue weighted by molar-refractivity contribution is -0.117. The van der Waals surface area contributed by atoms with Gasteiger partial charge in [-0.05, 0) is 48.6 Å². The summed E-state index contributed by atoms with van der Waals surface area (Å²) in [6.45, 7) is 0.592. The van der Waals surface area contributed by atoms with E-state index in [9.17, 15) is 9.59 Å². The molecule has 2 heterocycles. The van der Waals surface area contributed by atoms with Crippen LogP contribution in [0.5, 0.6) is 0 Å². The standard InChI is InChI=1S/C26H24N4O2/c31-25(27-15-14-18-5-2-1-3-6-18)20-10-8-19(9-11-20)22-7-4-16-30-23(22)17-24(29-30)28-26(32)21-12-13-21/h1-11,16-17,21H,12-15H2,(H,27,31)(H,28,29,32). The molecule has 2 aromatic heterocycles. The number of hydrogen-bond donors (Lipinski definition) is 2. The van der Waals surface area contributed by atoms with E-state index in [4.69, 9.17) is 0 Å². The van der Waals surface area contributed by atoms with Crippen molar-refractivity contribution >= 4 is 23.1 Å². The summed E-state index contributed by atoms with van der Waals surface area (Å²) in [7, 11) is 0. The van der Waals surface area contributed by atoms with Crippen LogP contribution >= 0.6 is 0 Å². The summed E-state index contributed by atoms with van der Waals surface area (Å²) in [6.07, 6.45) is 4.57. The molecule has 2 amide bonds. The molecule has 0 unspecified atom stereocenters. The third-order valence-corrected chi connectivity index (χ3v) is 5.70. The smallest absolute Gasteiger partial charge is 0.251 e. The van der Waals surface area contributed by atoms with E-state index in [2.05, 4.69) is 27.9 Å². The minimum absolute atomic E-state index is 0.0394. The zero-order chi connectivity index (χ0) is 21.9. The molecular weight excluding hydrogens is 400 g/mol. The lowest BCUT2D eigenvalue weighted by atomic mass is 10.0. The second-order valence-electron chi connectivity index (χ2n) is 8.11. The number of aromatic nitrogens is 2. The predicted molar refractivity (Wildman–Crippen MR) is 124 cm³/mol. The Bertz CT molecular complexity index is 1260. The Morgan fingerprint density at radius 1 is 0.969 bits per heavy atom. The first-order valence-electron chi connectivity index (χ1n) is 10.9. The van der Waals surface area contributed by atoms with Crippen LogP contribution in [0.15, 0.2) is 79.0 Å². The summed E-state index contributed by atoms with van der Waals surface area (Å²) in [4.78, 5) is 24.6. The molecule has 0 radical (unpaired) electrons. The molecule has 2 aromatic carbocycles. The third-order valence-electron chi connectivity index (χ3n) is 5.70. The second kappa shape index (κ2) is 8.67. The van der Waals surface area contributed by atoms with Gasteiger partial charge in [0, 0.05) is 35.9 Å². The average molecular weight is 425 g/mol. The molecule has 32 heavy (non-hydrogen) atoms. The molecule has 2 N–H and O–H groups in total. The molecule has 4 aromatic rings. The van der Waals surface area contributed by atoms with Gasteiger partial charge in [0.25, 0.3) is 5.91 Å². The van der Waals surface area contributed by atoms with Crippen molar-refractivity contribution in [2.24, 2.45) is 5.92 Å². The number of benzene rings is 2. The highest BCUT2D eigenvalue weighted by Gasteiger charge is 2.30. The van der Waals surface area contributed by atoms with Crippen LogP contribution in [0.2, 0.25) is 0 Å². The Morgan fingerprint density at radius 3 is 2.50 bits per heavy atom. The van der Waals surface area contributed by atoms with Gasteiger partial charge in [0.2, 0.25) is 5.91 Å². The van der Waals surface area contributed by atoms with Gasteiger partial charge in [-0.1, -0.05) is 48.5 Å². The van der Waals surface area contributed by atoms with Crippen molar-refractivity contribution in [2.75, 3.05) is 11.9 Å². The molecular formula is C26H24N4O2. The maximum Gasteiger partial charge on any atom is 0.251 e. The van der Waals surface area contributed by atoms with E-state index in [1.807, 2.05) is 66.9 Å². The van der Waals surface area contributed by atoms with Crippen LogP contribution in [0, 0.1) is 5.92 Å². The maximum absolute atomic E-state index is 12.5. The number of carbonyl (C=O) groups excluding carboxylic acids is 2. The molecule has 0 atom stereocenters. The van der Waals surface area contributed by atoms with Gasteiger partial charge in [-0.25, -0.2) is 4.52 Å². The minimum Gasteiger partial charge on any atom is -0.352 e. The highest BCUT2D eigenvalue weighted by molar-refractivity contribution is 5.96. The average Bonchev–Trinajstić information content (AvgIpc) is 3.59. The van der Waals surface area contributed by atoms with Crippen molar-refractivity contribution in [3.8, 4) is 11.1 Å². The molecule has 1 fully saturated rings. The van der Waals surface area contributed by atoms with Gasteiger partial charge in [-0.2, -0.15) is 5.10 Å². The number of rotatable bonds is 7. The normalized spacial score (nSPS) is 13.1. The van der Waals surface area contributed by atoms with Gasteiger partial charge < -0.3 is 10.6 Å². The van der Waals surface area contributed by atoms with Gasteiger partial charge in [-0.3, -0.25) is 9.59 Å². The summed E-state index contributed by atoms with van der Waals surface area (Å²) >= 11 is 0. The van der Waals surface area contributed by atoms with Crippen molar-refractivity contribution in [3.05, 3.63) is 90.1 Å². The number of carbonyl (C=O) groups is 2. The van der Waals surface area contributed by atoms with Crippen molar-refractivity contribution in [2.45, 2.75) is 19.3 Å². The van der Waals surface area contributed by atoms with Crippen LogP contribution in [0.4, 0.5) is 5.82 Å². The van der Waals surface area contributed by atoms with E-state index in [1.165, 1.54) is 5.56 Å². The maximum atomic E-state index is 12.5. The summed E-state index contributed by atoms with van der Waals surface area (Å²) in [5.41, 5.74) is 4.70. The van der Waals surface area contributed by atoms with E-state index in [-0.39, 0.29) is 17.7 Å². The van der Waals surface area contributed by atoms with Crippen LogP contribution in [0.1, 0.15) is 28.8 Å². The van der Waals surface area contributed by atoms with Gasteiger partial charge in [0.15, 0.2) is 5.82 Å². The molecule has 1 aliphatic rings. The number of nitrogens with zero attached hydrogens (tertiary/aromatic N) is 2.